The van der Waals surface area contributed by atoms with Gasteiger partial charge in [-0.15, -0.1) is 5.10 Å². The van der Waals surface area contributed by atoms with Crippen molar-refractivity contribution in [3.8, 4) is 11.4 Å². The number of phenolic OH excluding ortho intramolecular Hbond substituents is 1. The van der Waals surface area contributed by atoms with Crippen LogP contribution in [0.15, 0.2) is 54.9 Å². The number of hydrogen-bond donors (Lipinski definition) is 2. The lowest BCUT2D eigenvalue weighted by molar-refractivity contribution is 0.0776. The highest BCUT2D eigenvalue weighted by Gasteiger charge is 2.41. The second-order valence-electron chi connectivity index (χ2n) is 7.05. The van der Waals surface area contributed by atoms with Crippen molar-refractivity contribution >= 4 is 5.91 Å². The highest BCUT2D eigenvalue weighted by Crippen LogP contribution is 2.38. The number of amides is 1. The fourth-order valence-corrected chi connectivity index (χ4v) is 3.92. The van der Waals surface area contributed by atoms with Gasteiger partial charge in [-0.3, -0.25) is 4.79 Å². The van der Waals surface area contributed by atoms with Gasteiger partial charge in [-0.05, 0) is 47.0 Å². The van der Waals surface area contributed by atoms with Gasteiger partial charge >= 0.3 is 0 Å². The molecule has 2 aromatic carbocycles. The third kappa shape index (κ3) is 3.22. The van der Waals surface area contributed by atoms with Gasteiger partial charge in [0.2, 0.25) is 0 Å². The molecule has 1 atom stereocenters. The van der Waals surface area contributed by atoms with E-state index in [9.17, 15) is 15.0 Å². The molecule has 0 saturated carbocycles. The van der Waals surface area contributed by atoms with E-state index >= 15 is 0 Å². The molecule has 1 aromatic heterocycles. The minimum Gasteiger partial charge on any atom is -0.507 e. The highest BCUT2D eigenvalue weighted by molar-refractivity contribution is 5.97. The van der Waals surface area contributed by atoms with E-state index in [1.165, 1.54) is 17.1 Å². The molecule has 8 nitrogen and oxygen atoms in total. The van der Waals surface area contributed by atoms with E-state index in [0.29, 0.717) is 25.2 Å². The maximum atomic E-state index is 13.2. The van der Waals surface area contributed by atoms with Crippen molar-refractivity contribution in [2.45, 2.75) is 18.3 Å². The van der Waals surface area contributed by atoms with Crippen molar-refractivity contribution in [3.63, 3.8) is 0 Å². The van der Waals surface area contributed by atoms with Crippen molar-refractivity contribution in [2.24, 2.45) is 0 Å². The Bertz CT molecular complexity index is 961. The van der Waals surface area contributed by atoms with Crippen LogP contribution in [0.5, 0.6) is 5.75 Å². The van der Waals surface area contributed by atoms with Crippen molar-refractivity contribution in [1.82, 2.24) is 25.1 Å². The van der Waals surface area contributed by atoms with Crippen LogP contribution in [-0.2, 0) is 5.41 Å². The Balaban J connectivity index is 1.62. The zero-order chi connectivity index (χ0) is 19.6. The standard InChI is InChI=1S/C20H21N5O3/c26-11-9-20(15-4-2-1-3-5-15)8-10-24(13-20)19(28)17-12-16(6-7-18(17)27)25-14-21-22-23-25/h1-7,12,14,26-27H,8-11,13H2. The molecule has 1 saturated heterocycles. The zero-order valence-electron chi connectivity index (χ0n) is 15.3. The van der Waals surface area contributed by atoms with Gasteiger partial charge in [0.1, 0.15) is 12.1 Å². The summed E-state index contributed by atoms with van der Waals surface area (Å²) in [5, 5.41) is 30.9. The van der Waals surface area contributed by atoms with E-state index in [2.05, 4.69) is 15.5 Å². The van der Waals surface area contributed by atoms with Gasteiger partial charge in [-0.1, -0.05) is 30.3 Å². The number of aromatic nitrogens is 4. The summed E-state index contributed by atoms with van der Waals surface area (Å²) in [7, 11) is 0. The summed E-state index contributed by atoms with van der Waals surface area (Å²) in [4.78, 5) is 14.9. The topological polar surface area (TPSA) is 104 Å². The molecule has 8 heteroatoms. The molecule has 1 aliphatic rings. The lowest BCUT2D eigenvalue weighted by Gasteiger charge is -2.29. The SMILES string of the molecule is O=C(c1cc(-n2cnnn2)ccc1O)N1CCC(CCO)(c2ccccc2)C1. The number of nitrogens with zero attached hydrogens (tertiary/aromatic N) is 5. The van der Waals surface area contributed by atoms with Crippen LogP contribution in [-0.4, -0.2) is 60.9 Å². The number of aliphatic hydroxyl groups excluding tert-OH is 1. The van der Waals surface area contributed by atoms with Gasteiger partial charge < -0.3 is 15.1 Å². The van der Waals surface area contributed by atoms with Crippen molar-refractivity contribution in [3.05, 3.63) is 66.0 Å². The van der Waals surface area contributed by atoms with Crippen LogP contribution in [0.1, 0.15) is 28.8 Å². The maximum Gasteiger partial charge on any atom is 0.257 e. The fraction of sp³-hybridized carbons (Fsp3) is 0.300. The van der Waals surface area contributed by atoms with Gasteiger partial charge in [0, 0.05) is 25.1 Å². The van der Waals surface area contributed by atoms with E-state index in [0.717, 1.165) is 12.0 Å². The van der Waals surface area contributed by atoms with Crippen LogP contribution in [0.2, 0.25) is 0 Å². The molecule has 0 aliphatic carbocycles. The summed E-state index contributed by atoms with van der Waals surface area (Å²) in [6.07, 6.45) is 2.77. The zero-order valence-corrected chi connectivity index (χ0v) is 15.3. The van der Waals surface area contributed by atoms with E-state index < -0.39 is 0 Å². The summed E-state index contributed by atoms with van der Waals surface area (Å²) in [6.45, 7) is 1.10. The summed E-state index contributed by atoms with van der Waals surface area (Å²) in [5.41, 5.74) is 1.64. The van der Waals surface area contributed by atoms with Crippen LogP contribution in [0, 0.1) is 0 Å². The molecule has 0 radical (unpaired) electrons. The number of phenols is 1. The largest absolute Gasteiger partial charge is 0.507 e. The number of tetrazole rings is 1. The number of likely N-dealkylation sites (tertiary alicyclic amines) is 1. The number of rotatable bonds is 5. The molecular formula is C20H21N5O3. The lowest BCUT2D eigenvalue weighted by atomic mass is 9.77. The van der Waals surface area contributed by atoms with E-state index in [4.69, 9.17) is 0 Å². The average Bonchev–Trinajstić information content (AvgIpc) is 3.40. The third-order valence-corrected chi connectivity index (χ3v) is 5.44. The fourth-order valence-electron chi connectivity index (χ4n) is 3.92. The van der Waals surface area contributed by atoms with Gasteiger partial charge in [0.15, 0.2) is 0 Å². The van der Waals surface area contributed by atoms with Crippen molar-refractivity contribution in [2.75, 3.05) is 19.7 Å². The Morgan fingerprint density at radius 1 is 1.18 bits per heavy atom. The van der Waals surface area contributed by atoms with Crippen LogP contribution >= 0.6 is 0 Å². The Morgan fingerprint density at radius 2 is 2.00 bits per heavy atom. The first-order chi connectivity index (χ1) is 13.6. The molecule has 144 valence electrons. The molecular weight excluding hydrogens is 358 g/mol. The van der Waals surface area contributed by atoms with E-state index in [1.54, 1.807) is 17.0 Å². The first-order valence-electron chi connectivity index (χ1n) is 9.15. The summed E-state index contributed by atoms with van der Waals surface area (Å²) >= 11 is 0. The van der Waals surface area contributed by atoms with Crippen LogP contribution in [0.3, 0.4) is 0 Å². The van der Waals surface area contributed by atoms with Gasteiger partial charge in [-0.25, -0.2) is 4.68 Å². The third-order valence-electron chi connectivity index (χ3n) is 5.44. The van der Waals surface area contributed by atoms with E-state index in [1.807, 2.05) is 30.3 Å². The molecule has 4 rings (SSSR count). The predicted molar refractivity (Wildman–Crippen MR) is 101 cm³/mol. The van der Waals surface area contributed by atoms with E-state index in [-0.39, 0.29) is 29.2 Å². The molecule has 2 heterocycles. The minimum absolute atomic E-state index is 0.0525. The van der Waals surface area contributed by atoms with Gasteiger partial charge in [-0.2, -0.15) is 0 Å². The quantitative estimate of drug-likeness (QED) is 0.697. The molecule has 1 amide bonds. The molecule has 28 heavy (non-hydrogen) atoms. The molecule has 2 N–H and O–H groups in total. The predicted octanol–water partition coefficient (Wildman–Crippen LogP) is 1.53. The number of carbonyl (C=O) groups excluding carboxylic acids is 1. The molecule has 0 spiro atoms. The Kier molecular flexibility index (Phi) is 4.79. The van der Waals surface area contributed by atoms with Crippen molar-refractivity contribution < 1.29 is 15.0 Å². The molecule has 0 bridgehead atoms. The second kappa shape index (κ2) is 7.40. The Hall–Kier alpha value is -3.26. The first kappa shape index (κ1) is 18.1. The first-order valence-corrected chi connectivity index (χ1v) is 9.15. The number of carbonyl (C=O) groups is 1. The number of hydrogen-bond acceptors (Lipinski definition) is 6. The average molecular weight is 379 g/mol. The maximum absolute atomic E-state index is 13.2. The number of aliphatic hydroxyl groups is 1. The summed E-state index contributed by atoms with van der Waals surface area (Å²) < 4.78 is 1.43. The summed E-state index contributed by atoms with van der Waals surface area (Å²) in [5.74, 6) is -0.329. The molecule has 1 unspecified atom stereocenters. The molecule has 1 fully saturated rings. The molecule has 3 aromatic rings. The van der Waals surface area contributed by atoms with Crippen molar-refractivity contribution in [1.29, 1.82) is 0 Å². The second-order valence-corrected chi connectivity index (χ2v) is 7.05. The minimum atomic E-state index is -0.283. The normalized spacial score (nSPS) is 19.1. The smallest absolute Gasteiger partial charge is 0.257 e. The molecule has 1 aliphatic heterocycles. The van der Waals surface area contributed by atoms with Crippen LogP contribution in [0.4, 0.5) is 0 Å². The Morgan fingerprint density at radius 3 is 2.71 bits per heavy atom. The number of benzene rings is 2. The monoisotopic (exact) mass is 379 g/mol. The van der Waals surface area contributed by atoms with Gasteiger partial charge in [0.05, 0.1) is 11.3 Å². The summed E-state index contributed by atoms with van der Waals surface area (Å²) in [6, 6.07) is 14.7. The van der Waals surface area contributed by atoms with Crippen LogP contribution in [0.25, 0.3) is 5.69 Å². The Labute approximate surface area is 162 Å². The lowest BCUT2D eigenvalue weighted by Crippen LogP contribution is -2.35. The number of aromatic hydroxyl groups is 1. The van der Waals surface area contributed by atoms with Crippen LogP contribution < -0.4 is 0 Å². The van der Waals surface area contributed by atoms with Gasteiger partial charge in [0.25, 0.3) is 5.91 Å². The highest BCUT2D eigenvalue weighted by atomic mass is 16.3.